The van der Waals surface area contributed by atoms with Gasteiger partial charge in [-0.05, 0) is 17.0 Å². The average molecular weight is 211 g/mol. The van der Waals surface area contributed by atoms with E-state index in [1.165, 1.54) is 0 Å². The van der Waals surface area contributed by atoms with E-state index in [0.29, 0.717) is 11.5 Å². The van der Waals surface area contributed by atoms with E-state index in [0.717, 1.165) is 5.56 Å². The topological polar surface area (TPSA) is 26.0 Å². The summed E-state index contributed by atoms with van der Waals surface area (Å²) in [5.74, 6) is -2.40. The van der Waals surface area contributed by atoms with Crippen molar-refractivity contribution >= 4 is 0 Å². The molecule has 1 aromatic carbocycles. The van der Waals surface area contributed by atoms with E-state index in [1.807, 2.05) is 19.9 Å². The molecule has 1 saturated carbocycles. The molecule has 0 spiro atoms. The average Bonchev–Trinajstić information content (AvgIpc) is 2.68. The Balaban J connectivity index is 2.35. The summed E-state index contributed by atoms with van der Waals surface area (Å²) in [6, 6.07) is 7.23. The minimum atomic E-state index is -2.73. The summed E-state index contributed by atoms with van der Waals surface area (Å²) in [6.45, 7) is 4.07. The second-order valence-electron chi connectivity index (χ2n) is 4.63. The van der Waals surface area contributed by atoms with Gasteiger partial charge in [-0.25, -0.2) is 8.78 Å². The Morgan fingerprint density at radius 2 is 1.93 bits per heavy atom. The fraction of sp³-hybridized carbons (Fsp3) is 0.500. The molecule has 0 bridgehead atoms. The molecule has 1 atom stereocenters. The Bertz CT molecular complexity index is 387. The molecule has 0 saturated heterocycles. The molecule has 15 heavy (non-hydrogen) atoms. The zero-order valence-electron chi connectivity index (χ0n) is 8.93. The first-order valence-electron chi connectivity index (χ1n) is 5.14. The summed E-state index contributed by atoms with van der Waals surface area (Å²) in [4.78, 5) is 0. The molecule has 2 rings (SSSR count). The summed E-state index contributed by atoms with van der Waals surface area (Å²) >= 11 is 0. The highest BCUT2D eigenvalue weighted by Crippen LogP contribution is 2.57. The third-order valence-corrected chi connectivity index (χ3v) is 3.10. The summed E-state index contributed by atoms with van der Waals surface area (Å²) < 4.78 is 26.1. The predicted octanol–water partition coefficient (Wildman–Crippen LogP) is 3.00. The van der Waals surface area contributed by atoms with Gasteiger partial charge < -0.3 is 5.73 Å². The van der Waals surface area contributed by atoms with Crippen molar-refractivity contribution in [3.05, 3.63) is 35.4 Å². The van der Waals surface area contributed by atoms with Crippen LogP contribution in [-0.2, 0) is 5.54 Å². The van der Waals surface area contributed by atoms with Crippen molar-refractivity contribution in [2.24, 2.45) is 5.73 Å². The predicted molar refractivity (Wildman–Crippen MR) is 56.0 cm³/mol. The molecular formula is C12H15F2N. The van der Waals surface area contributed by atoms with Gasteiger partial charge >= 0.3 is 0 Å². The number of alkyl halides is 2. The molecule has 1 unspecified atom stereocenters. The molecule has 0 radical (unpaired) electrons. The van der Waals surface area contributed by atoms with E-state index in [4.69, 9.17) is 5.73 Å². The Labute approximate surface area is 88.3 Å². The molecule has 2 N–H and O–H groups in total. The minimum absolute atomic E-state index is 0.235. The molecule has 0 amide bonds. The van der Waals surface area contributed by atoms with Gasteiger partial charge in [0.05, 0.1) is 0 Å². The summed E-state index contributed by atoms with van der Waals surface area (Å²) in [7, 11) is 0. The number of benzene rings is 1. The van der Waals surface area contributed by atoms with Gasteiger partial charge in [0.15, 0.2) is 0 Å². The largest absolute Gasteiger partial charge is 0.316 e. The van der Waals surface area contributed by atoms with Gasteiger partial charge in [-0.15, -0.1) is 0 Å². The summed E-state index contributed by atoms with van der Waals surface area (Å²) in [5.41, 5.74) is 5.86. The lowest BCUT2D eigenvalue weighted by molar-refractivity contribution is 0.0891. The van der Waals surface area contributed by atoms with E-state index in [9.17, 15) is 8.78 Å². The fourth-order valence-electron chi connectivity index (χ4n) is 1.79. The van der Waals surface area contributed by atoms with E-state index >= 15 is 0 Å². The third-order valence-electron chi connectivity index (χ3n) is 3.10. The Kier molecular flexibility index (Phi) is 2.12. The molecule has 0 aromatic heterocycles. The monoisotopic (exact) mass is 211 g/mol. The Morgan fingerprint density at radius 3 is 2.40 bits per heavy atom. The smallest absolute Gasteiger partial charge is 0.272 e. The van der Waals surface area contributed by atoms with Gasteiger partial charge in [0.2, 0.25) is 0 Å². The molecule has 82 valence electrons. The number of hydrogen-bond acceptors (Lipinski definition) is 1. The van der Waals surface area contributed by atoms with Crippen LogP contribution < -0.4 is 5.73 Å². The van der Waals surface area contributed by atoms with E-state index < -0.39 is 11.5 Å². The second kappa shape index (κ2) is 3.01. The van der Waals surface area contributed by atoms with Crippen molar-refractivity contribution in [2.45, 2.75) is 37.6 Å². The Morgan fingerprint density at radius 1 is 1.33 bits per heavy atom. The molecule has 1 aliphatic rings. The molecule has 0 heterocycles. The van der Waals surface area contributed by atoms with Crippen LogP contribution in [0.3, 0.4) is 0 Å². The van der Waals surface area contributed by atoms with Crippen LogP contribution >= 0.6 is 0 Å². The normalized spacial score (nSPS) is 28.1. The second-order valence-corrected chi connectivity index (χ2v) is 4.63. The van der Waals surface area contributed by atoms with Crippen molar-refractivity contribution in [1.82, 2.24) is 0 Å². The molecular weight excluding hydrogens is 196 g/mol. The van der Waals surface area contributed by atoms with Gasteiger partial charge in [0.25, 0.3) is 5.92 Å². The SMILES string of the molecule is CC(C)c1cccc(C2(N)CC2(F)F)c1. The lowest BCUT2D eigenvalue weighted by atomic mass is 9.97. The van der Waals surface area contributed by atoms with E-state index in [1.54, 1.807) is 18.2 Å². The van der Waals surface area contributed by atoms with Gasteiger partial charge in [-0.1, -0.05) is 38.1 Å². The highest BCUT2D eigenvalue weighted by molar-refractivity contribution is 5.38. The molecule has 1 aromatic rings. The zero-order chi connectivity index (χ0) is 11.3. The van der Waals surface area contributed by atoms with Crippen LogP contribution in [0.4, 0.5) is 8.78 Å². The maximum absolute atomic E-state index is 13.1. The third kappa shape index (κ3) is 1.55. The quantitative estimate of drug-likeness (QED) is 0.799. The number of nitrogens with two attached hydrogens (primary N) is 1. The summed E-state index contributed by atoms with van der Waals surface area (Å²) in [5, 5.41) is 0. The van der Waals surface area contributed by atoms with Gasteiger partial charge in [-0.3, -0.25) is 0 Å². The van der Waals surface area contributed by atoms with Gasteiger partial charge in [0, 0.05) is 6.42 Å². The summed E-state index contributed by atoms with van der Waals surface area (Å²) in [6.07, 6.45) is -0.235. The van der Waals surface area contributed by atoms with Crippen molar-refractivity contribution in [1.29, 1.82) is 0 Å². The van der Waals surface area contributed by atoms with E-state index in [2.05, 4.69) is 0 Å². The number of halogens is 2. The first-order valence-corrected chi connectivity index (χ1v) is 5.14. The maximum Gasteiger partial charge on any atom is 0.272 e. The van der Waals surface area contributed by atoms with Crippen LogP contribution in [0.2, 0.25) is 0 Å². The molecule has 3 heteroatoms. The lowest BCUT2D eigenvalue weighted by Gasteiger charge is -2.13. The standard InChI is InChI=1S/C12H15F2N/c1-8(2)9-4-3-5-10(6-9)11(15)7-12(11,13)14/h3-6,8H,7,15H2,1-2H3. The molecule has 1 nitrogen and oxygen atoms in total. The van der Waals surface area contributed by atoms with Crippen LogP contribution in [0.25, 0.3) is 0 Å². The van der Waals surface area contributed by atoms with Gasteiger partial charge in [0.1, 0.15) is 5.54 Å². The molecule has 1 fully saturated rings. The number of hydrogen-bond donors (Lipinski definition) is 1. The maximum atomic E-state index is 13.1. The first-order chi connectivity index (χ1) is 6.87. The van der Waals surface area contributed by atoms with Crippen LogP contribution in [-0.4, -0.2) is 5.92 Å². The molecule has 1 aliphatic carbocycles. The van der Waals surface area contributed by atoms with Gasteiger partial charge in [-0.2, -0.15) is 0 Å². The lowest BCUT2D eigenvalue weighted by Crippen LogP contribution is -2.27. The van der Waals surface area contributed by atoms with Crippen LogP contribution in [0.15, 0.2) is 24.3 Å². The highest BCUT2D eigenvalue weighted by Gasteiger charge is 2.69. The Hall–Kier alpha value is -0.960. The van der Waals surface area contributed by atoms with Crippen LogP contribution in [0.1, 0.15) is 37.3 Å². The van der Waals surface area contributed by atoms with Crippen molar-refractivity contribution in [3.8, 4) is 0 Å². The minimum Gasteiger partial charge on any atom is -0.316 e. The van der Waals surface area contributed by atoms with Crippen molar-refractivity contribution < 1.29 is 8.78 Å². The van der Waals surface area contributed by atoms with Crippen LogP contribution in [0.5, 0.6) is 0 Å². The number of rotatable bonds is 2. The zero-order valence-corrected chi connectivity index (χ0v) is 8.93. The van der Waals surface area contributed by atoms with Crippen molar-refractivity contribution in [2.75, 3.05) is 0 Å². The van der Waals surface area contributed by atoms with Crippen molar-refractivity contribution in [3.63, 3.8) is 0 Å². The highest BCUT2D eigenvalue weighted by atomic mass is 19.3. The first kappa shape index (κ1) is 10.6. The molecule has 0 aliphatic heterocycles. The van der Waals surface area contributed by atoms with E-state index in [-0.39, 0.29) is 6.42 Å². The fourth-order valence-corrected chi connectivity index (χ4v) is 1.79. The van der Waals surface area contributed by atoms with Crippen LogP contribution in [0, 0.1) is 0 Å².